The summed E-state index contributed by atoms with van der Waals surface area (Å²) in [4.78, 5) is 2.56. The Hall–Kier alpha value is -0.860. The maximum absolute atomic E-state index is 5.96. The van der Waals surface area contributed by atoms with Crippen molar-refractivity contribution in [3.8, 4) is 0 Å². The van der Waals surface area contributed by atoms with Crippen LogP contribution in [0.5, 0.6) is 0 Å². The van der Waals surface area contributed by atoms with Crippen LogP contribution in [0.25, 0.3) is 0 Å². The third-order valence-corrected chi connectivity index (χ3v) is 3.42. The highest BCUT2D eigenvalue weighted by molar-refractivity contribution is 5.14. The molecule has 0 saturated heterocycles. The van der Waals surface area contributed by atoms with Crippen LogP contribution in [0, 0.1) is 0 Å². The molecule has 1 aromatic rings. The van der Waals surface area contributed by atoms with E-state index in [0.29, 0.717) is 6.04 Å². The Bertz CT molecular complexity index is 291. The Morgan fingerprint density at radius 1 is 1.06 bits per heavy atom. The van der Waals surface area contributed by atoms with Gasteiger partial charge in [0.2, 0.25) is 0 Å². The number of hydrogen-bond donors (Lipinski definition) is 1. The van der Waals surface area contributed by atoms with Gasteiger partial charge in [0.25, 0.3) is 0 Å². The van der Waals surface area contributed by atoms with E-state index in [-0.39, 0.29) is 0 Å². The van der Waals surface area contributed by atoms with Gasteiger partial charge in [-0.05, 0) is 44.3 Å². The number of aryl methyl sites for hydroxylation is 1. The van der Waals surface area contributed by atoms with Crippen LogP contribution in [0.4, 0.5) is 0 Å². The highest BCUT2D eigenvalue weighted by Crippen LogP contribution is 2.10. The summed E-state index contributed by atoms with van der Waals surface area (Å²) in [6.07, 6.45) is 4.72. The molecule has 0 saturated carbocycles. The lowest BCUT2D eigenvalue weighted by molar-refractivity contribution is 0.191. The van der Waals surface area contributed by atoms with Crippen molar-refractivity contribution in [2.75, 3.05) is 19.6 Å². The second-order valence-corrected chi connectivity index (χ2v) is 4.95. The predicted molar refractivity (Wildman–Crippen MR) is 79.8 cm³/mol. The van der Waals surface area contributed by atoms with Crippen LogP contribution in [0.3, 0.4) is 0 Å². The molecule has 0 heterocycles. The summed E-state index contributed by atoms with van der Waals surface area (Å²) in [5, 5.41) is 0. The molecule has 0 aromatic heterocycles. The van der Waals surface area contributed by atoms with Crippen LogP contribution in [0.15, 0.2) is 30.3 Å². The smallest absolute Gasteiger partial charge is 0.0221 e. The topological polar surface area (TPSA) is 29.3 Å². The first-order valence-electron chi connectivity index (χ1n) is 7.29. The lowest BCUT2D eigenvalue weighted by Crippen LogP contribution is -2.41. The number of rotatable bonds is 9. The van der Waals surface area contributed by atoms with Gasteiger partial charge in [0.15, 0.2) is 0 Å². The number of nitrogens with zero attached hydrogens (tertiary/aromatic N) is 1. The number of hydrogen-bond acceptors (Lipinski definition) is 2. The minimum Gasteiger partial charge on any atom is -0.329 e. The normalized spacial score (nSPS) is 12.9. The van der Waals surface area contributed by atoms with E-state index < -0.39 is 0 Å². The van der Waals surface area contributed by atoms with Gasteiger partial charge in [-0.3, -0.25) is 4.90 Å². The molecule has 0 aliphatic carbocycles. The van der Waals surface area contributed by atoms with Crippen LogP contribution in [0.1, 0.15) is 38.7 Å². The quantitative estimate of drug-likeness (QED) is 0.728. The highest BCUT2D eigenvalue weighted by atomic mass is 15.2. The van der Waals surface area contributed by atoms with Gasteiger partial charge in [0, 0.05) is 12.6 Å². The van der Waals surface area contributed by atoms with E-state index >= 15 is 0 Å². The summed E-state index contributed by atoms with van der Waals surface area (Å²) in [5.41, 5.74) is 7.38. The summed E-state index contributed by atoms with van der Waals surface area (Å²) in [6, 6.07) is 11.2. The molecule has 1 aromatic carbocycles. The third-order valence-electron chi connectivity index (χ3n) is 3.42. The molecule has 0 spiro atoms. The Balaban J connectivity index is 2.48. The van der Waals surface area contributed by atoms with Crippen molar-refractivity contribution in [2.24, 2.45) is 5.73 Å². The first-order valence-corrected chi connectivity index (χ1v) is 7.29. The zero-order valence-corrected chi connectivity index (χ0v) is 11.9. The molecule has 2 nitrogen and oxygen atoms in total. The van der Waals surface area contributed by atoms with Gasteiger partial charge in [-0.2, -0.15) is 0 Å². The van der Waals surface area contributed by atoms with E-state index in [4.69, 9.17) is 5.73 Å². The van der Waals surface area contributed by atoms with Crippen LogP contribution in [0.2, 0.25) is 0 Å². The second kappa shape index (κ2) is 9.12. The lowest BCUT2D eigenvalue weighted by atomic mass is 10.0. The van der Waals surface area contributed by atoms with Crippen molar-refractivity contribution in [1.29, 1.82) is 0 Å². The molecule has 1 rings (SSSR count). The number of benzene rings is 1. The molecule has 2 heteroatoms. The molecule has 102 valence electrons. The van der Waals surface area contributed by atoms with Crippen molar-refractivity contribution in [3.63, 3.8) is 0 Å². The zero-order chi connectivity index (χ0) is 13.2. The standard InChI is InChI=1S/C16H28N2/c1-3-12-18(13-4-2)16(14-17)11-10-15-8-6-5-7-9-15/h5-9,16H,3-4,10-14,17H2,1-2H3. The first kappa shape index (κ1) is 15.2. The molecule has 0 fully saturated rings. The fraction of sp³-hybridized carbons (Fsp3) is 0.625. The van der Waals surface area contributed by atoms with E-state index in [1.54, 1.807) is 0 Å². The molecule has 2 N–H and O–H groups in total. The van der Waals surface area contributed by atoms with Gasteiger partial charge in [0.1, 0.15) is 0 Å². The van der Waals surface area contributed by atoms with E-state index in [1.807, 2.05) is 0 Å². The van der Waals surface area contributed by atoms with Gasteiger partial charge < -0.3 is 5.73 Å². The Kier molecular flexibility index (Phi) is 7.70. The van der Waals surface area contributed by atoms with Crippen molar-refractivity contribution >= 4 is 0 Å². The molecule has 0 bridgehead atoms. The summed E-state index contributed by atoms with van der Waals surface area (Å²) in [6.45, 7) is 7.60. The largest absolute Gasteiger partial charge is 0.329 e. The molecule has 0 aliphatic heterocycles. The summed E-state index contributed by atoms with van der Waals surface area (Å²) < 4.78 is 0. The molecule has 0 amide bonds. The van der Waals surface area contributed by atoms with Crippen molar-refractivity contribution in [2.45, 2.75) is 45.6 Å². The Morgan fingerprint density at radius 3 is 2.17 bits per heavy atom. The predicted octanol–water partition coefficient (Wildman–Crippen LogP) is 3.07. The fourth-order valence-electron chi connectivity index (χ4n) is 2.48. The van der Waals surface area contributed by atoms with E-state index in [0.717, 1.165) is 13.0 Å². The second-order valence-electron chi connectivity index (χ2n) is 4.95. The Morgan fingerprint density at radius 2 is 1.67 bits per heavy atom. The van der Waals surface area contributed by atoms with Gasteiger partial charge in [0.05, 0.1) is 0 Å². The fourth-order valence-corrected chi connectivity index (χ4v) is 2.48. The molecule has 18 heavy (non-hydrogen) atoms. The van der Waals surface area contributed by atoms with E-state index in [2.05, 4.69) is 49.1 Å². The van der Waals surface area contributed by atoms with Gasteiger partial charge in [-0.25, -0.2) is 0 Å². The van der Waals surface area contributed by atoms with Crippen LogP contribution >= 0.6 is 0 Å². The maximum atomic E-state index is 5.96. The third kappa shape index (κ3) is 5.19. The average molecular weight is 248 g/mol. The SMILES string of the molecule is CCCN(CCC)C(CN)CCc1ccccc1. The summed E-state index contributed by atoms with van der Waals surface area (Å²) in [5.74, 6) is 0. The monoisotopic (exact) mass is 248 g/mol. The van der Waals surface area contributed by atoms with Gasteiger partial charge >= 0.3 is 0 Å². The Labute approximate surface area is 112 Å². The molecule has 1 unspecified atom stereocenters. The minimum atomic E-state index is 0.533. The minimum absolute atomic E-state index is 0.533. The van der Waals surface area contributed by atoms with Crippen LogP contribution < -0.4 is 5.73 Å². The molecule has 1 atom stereocenters. The molecular formula is C16H28N2. The van der Waals surface area contributed by atoms with E-state index in [9.17, 15) is 0 Å². The van der Waals surface area contributed by atoms with Gasteiger partial charge in [-0.1, -0.05) is 44.2 Å². The number of nitrogens with two attached hydrogens (primary N) is 1. The maximum Gasteiger partial charge on any atom is 0.0221 e. The molecule has 0 aliphatic rings. The lowest BCUT2D eigenvalue weighted by Gasteiger charge is -2.30. The molecular weight excluding hydrogens is 220 g/mol. The van der Waals surface area contributed by atoms with Crippen molar-refractivity contribution < 1.29 is 0 Å². The van der Waals surface area contributed by atoms with E-state index in [1.165, 1.54) is 37.9 Å². The highest BCUT2D eigenvalue weighted by Gasteiger charge is 2.15. The van der Waals surface area contributed by atoms with Crippen molar-refractivity contribution in [3.05, 3.63) is 35.9 Å². The first-order chi connectivity index (χ1) is 8.81. The summed E-state index contributed by atoms with van der Waals surface area (Å²) >= 11 is 0. The summed E-state index contributed by atoms with van der Waals surface area (Å²) in [7, 11) is 0. The molecule has 0 radical (unpaired) electrons. The van der Waals surface area contributed by atoms with Crippen molar-refractivity contribution in [1.82, 2.24) is 4.90 Å². The van der Waals surface area contributed by atoms with Crippen LogP contribution in [-0.4, -0.2) is 30.6 Å². The van der Waals surface area contributed by atoms with Gasteiger partial charge in [-0.15, -0.1) is 0 Å². The zero-order valence-electron chi connectivity index (χ0n) is 11.9. The average Bonchev–Trinajstić information content (AvgIpc) is 2.41. The van der Waals surface area contributed by atoms with Crippen LogP contribution in [-0.2, 0) is 6.42 Å².